The monoisotopic (exact) mass is 488 g/mol. The molecule has 1 N–H and O–H groups in total. The zero-order valence-corrected chi connectivity index (χ0v) is 20.2. The smallest absolute Gasteiger partial charge is 0.293 e. The van der Waals surface area contributed by atoms with Gasteiger partial charge in [0.15, 0.2) is 5.78 Å². The summed E-state index contributed by atoms with van der Waals surface area (Å²) in [6.07, 6.45) is 2.46. The molecule has 0 unspecified atom stereocenters. The lowest BCUT2D eigenvalue weighted by Crippen LogP contribution is -2.41. The molecule has 1 amide bonds. The lowest BCUT2D eigenvalue weighted by molar-refractivity contribution is -0.384. The first-order chi connectivity index (χ1) is 16.0. The van der Waals surface area contributed by atoms with E-state index in [1.165, 1.54) is 40.9 Å². The Hall–Kier alpha value is -3.31. The SMILES string of the molecule is CN(C)c1ccc(C(=O)c2ccccc2C(=O)NCC2CCN(S(C)(=O)=O)CC2)cc1[N+](=O)[O-]. The van der Waals surface area contributed by atoms with E-state index in [0.29, 0.717) is 38.2 Å². The summed E-state index contributed by atoms with van der Waals surface area (Å²) in [5.41, 5.74) is 0.623. The third kappa shape index (κ3) is 5.78. The van der Waals surface area contributed by atoms with Gasteiger partial charge in [0.1, 0.15) is 5.69 Å². The zero-order valence-electron chi connectivity index (χ0n) is 19.4. The predicted molar refractivity (Wildman–Crippen MR) is 129 cm³/mol. The fourth-order valence-corrected chi connectivity index (χ4v) is 4.88. The molecular formula is C23H28N4O6S. The Balaban J connectivity index is 1.75. The first-order valence-electron chi connectivity index (χ1n) is 10.8. The van der Waals surface area contributed by atoms with E-state index in [-0.39, 0.29) is 28.3 Å². The van der Waals surface area contributed by atoms with Crippen molar-refractivity contribution in [2.75, 3.05) is 44.9 Å². The van der Waals surface area contributed by atoms with Gasteiger partial charge in [-0.25, -0.2) is 12.7 Å². The molecule has 182 valence electrons. The lowest BCUT2D eigenvalue weighted by Gasteiger charge is -2.30. The highest BCUT2D eigenvalue weighted by Gasteiger charge is 2.26. The Kier molecular flexibility index (Phi) is 7.68. The van der Waals surface area contributed by atoms with Gasteiger partial charge >= 0.3 is 0 Å². The largest absolute Gasteiger partial charge is 0.372 e. The summed E-state index contributed by atoms with van der Waals surface area (Å²) >= 11 is 0. The number of carbonyl (C=O) groups excluding carboxylic acids is 2. The molecule has 1 aliphatic rings. The average Bonchev–Trinajstić information content (AvgIpc) is 2.81. The van der Waals surface area contributed by atoms with Gasteiger partial charge in [-0.2, -0.15) is 0 Å². The van der Waals surface area contributed by atoms with Crippen LogP contribution in [0.3, 0.4) is 0 Å². The van der Waals surface area contributed by atoms with Crippen molar-refractivity contribution in [3.8, 4) is 0 Å². The summed E-state index contributed by atoms with van der Waals surface area (Å²) in [4.78, 5) is 38.6. The van der Waals surface area contributed by atoms with Gasteiger partial charge in [0.25, 0.3) is 11.6 Å². The number of benzene rings is 2. The van der Waals surface area contributed by atoms with E-state index in [2.05, 4.69) is 5.32 Å². The van der Waals surface area contributed by atoms with E-state index in [1.54, 1.807) is 31.1 Å². The zero-order chi connectivity index (χ0) is 25.0. The molecule has 2 aromatic rings. The van der Waals surface area contributed by atoms with Gasteiger partial charge in [0, 0.05) is 50.9 Å². The second kappa shape index (κ2) is 10.3. The number of sulfonamides is 1. The highest BCUT2D eigenvalue weighted by molar-refractivity contribution is 7.88. The Morgan fingerprint density at radius 2 is 1.74 bits per heavy atom. The predicted octanol–water partition coefficient (Wildman–Crippen LogP) is 2.29. The summed E-state index contributed by atoms with van der Waals surface area (Å²) in [6.45, 7) is 1.19. The van der Waals surface area contributed by atoms with Crippen LogP contribution < -0.4 is 10.2 Å². The van der Waals surface area contributed by atoms with E-state index in [4.69, 9.17) is 0 Å². The maximum atomic E-state index is 13.2. The van der Waals surface area contributed by atoms with E-state index < -0.39 is 26.6 Å². The minimum atomic E-state index is -3.22. The summed E-state index contributed by atoms with van der Waals surface area (Å²) < 4.78 is 24.7. The minimum absolute atomic E-state index is 0.116. The number of nitrogens with one attached hydrogen (secondary N) is 1. The standard InChI is InChI=1S/C23H28N4O6S/c1-25(2)20-9-8-17(14-21(20)27(30)31)22(28)18-6-4-5-7-19(18)23(29)24-15-16-10-12-26(13-11-16)34(3,32)33/h4-9,14,16H,10-13,15H2,1-3H3,(H,24,29). The molecule has 0 saturated carbocycles. The van der Waals surface area contributed by atoms with Crippen LogP contribution in [-0.4, -0.2) is 69.3 Å². The molecule has 0 spiro atoms. The molecule has 3 rings (SSSR count). The summed E-state index contributed by atoms with van der Waals surface area (Å²) in [5, 5.41) is 14.3. The third-order valence-corrected chi connectivity index (χ3v) is 7.23. The second-order valence-corrected chi connectivity index (χ2v) is 10.5. The molecule has 1 heterocycles. The highest BCUT2D eigenvalue weighted by atomic mass is 32.2. The quantitative estimate of drug-likeness (QED) is 0.343. The Bertz CT molecular complexity index is 1200. The molecule has 1 fully saturated rings. The van der Waals surface area contributed by atoms with Crippen LogP contribution in [0.1, 0.15) is 39.1 Å². The van der Waals surface area contributed by atoms with Gasteiger partial charge in [-0.15, -0.1) is 0 Å². The van der Waals surface area contributed by atoms with Crippen molar-refractivity contribution in [1.29, 1.82) is 0 Å². The van der Waals surface area contributed by atoms with Gasteiger partial charge in [0.2, 0.25) is 10.0 Å². The van der Waals surface area contributed by atoms with Gasteiger partial charge in [-0.05, 0) is 37.0 Å². The van der Waals surface area contributed by atoms with Crippen LogP contribution in [-0.2, 0) is 10.0 Å². The summed E-state index contributed by atoms with van der Waals surface area (Å²) in [7, 11) is 0.133. The number of anilines is 1. The van der Waals surface area contributed by atoms with E-state index in [0.717, 1.165) is 0 Å². The number of carbonyl (C=O) groups is 2. The van der Waals surface area contributed by atoms with Crippen LogP contribution in [0.15, 0.2) is 42.5 Å². The molecule has 1 saturated heterocycles. The number of hydrogen-bond acceptors (Lipinski definition) is 7. The first-order valence-corrected chi connectivity index (χ1v) is 12.7. The van der Waals surface area contributed by atoms with Gasteiger partial charge < -0.3 is 10.2 Å². The van der Waals surface area contributed by atoms with Crippen molar-refractivity contribution in [3.05, 3.63) is 69.3 Å². The van der Waals surface area contributed by atoms with Crippen LogP contribution in [0.2, 0.25) is 0 Å². The van der Waals surface area contributed by atoms with Crippen LogP contribution in [0.25, 0.3) is 0 Å². The van der Waals surface area contributed by atoms with Crippen molar-refractivity contribution < 1.29 is 22.9 Å². The Morgan fingerprint density at radius 3 is 2.29 bits per heavy atom. The maximum Gasteiger partial charge on any atom is 0.293 e. The molecular weight excluding hydrogens is 460 g/mol. The molecule has 0 atom stereocenters. The maximum absolute atomic E-state index is 13.2. The number of nitro benzene ring substituents is 1. The van der Waals surface area contributed by atoms with Gasteiger partial charge in [0.05, 0.1) is 16.7 Å². The number of nitrogens with zero attached hydrogens (tertiary/aromatic N) is 3. The number of piperidine rings is 1. The molecule has 11 heteroatoms. The molecule has 0 bridgehead atoms. The topological polar surface area (TPSA) is 130 Å². The van der Waals surface area contributed by atoms with E-state index >= 15 is 0 Å². The molecule has 34 heavy (non-hydrogen) atoms. The van der Waals surface area contributed by atoms with Gasteiger partial charge in [-0.3, -0.25) is 19.7 Å². The Morgan fingerprint density at radius 1 is 1.12 bits per heavy atom. The number of rotatable bonds is 8. The van der Waals surface area contributed by atoms with Crippen molar-refractivity contribution in [3.63, 3.8) is 0 Å². The van der Waals surface area contributed by atoms with E-state index in [9.17, 15) is 28.1 Å². The Labute approximate surface area is 198 Å². The first kappa shape index (κ1) is 25.3. The van der Waals surface area contributed by atoms with Crippen LogP contribution in [0, 0.1) is 16.0 Å². The number of nitro groups is 1. The lowest BCUT2D eigenvalue weighted by atomic mass is 9.96. The van der Waals surface area contributed by atoms with E-state index in [1.807, 2.05) is 0 Å². The molecule has 2 aromatic carbocycles. The van der Waals surface area contributed by atoms with Crippen LogP contribution in [0.5, 0.6) is 0 Å². The average molecular weight is 489 g/mol. The van der Waals surface area contributed by atoms with Crippen molar-refractivity contribution in [1.82, 2.24) is 9.62 Å². The number of hydrogen-bond donors (Lipinski definition) is 1. The molecule has 0 aliphatic carbocycles. The third-order valence-electron chi connectivity index (χ3n) is 5.93. The van der Waals surface area contributed by atoms with Gasteiger partial charge in [-0.1, -0.05) is 18.2 Å². The molecule has 1 aliphatic heterocycles. The summed E-state index contributed by atoms with van der Waals surface area (Å²) in [5.74, 6) is -0.777. The van der Waals surface area contributed by atoms with Crippen LogP contribution in [0.4, 0.5) is 11.4 Å². The summed E-state index contributed by atoms with van der Waals surface area (Å²) in [6, 6.07) is 10.6. The number of amides is 1. The van der Waals surface area contributed by atoms with Crippen LogP contribution >= 0.6 is 0 Å². The fourth-order valence-electron chi connectivity index (χ4n) is 4.00. The number of ketones is 1. The van der Waals surface area contributed by atoms with Crippen molar-refractivity contribution >= 4 is 33.1 Å². The molecule has 0 radical (unpaired) electrons. The fraction of sp³-hybridized carbons (Fsp3) is 0.391. The highest BCUT2D eigenvalue weighted by Crippen LogP contribution is 2.29. The van der Waals surface area contributed by atoms with Crippen molar-refractivity contribution in [2.45, 2.75) is 12.8 Å². The second-order valence-electron chi connectivity index (χ2n) is 8.55. The molecule has 0 aromatic heterocycles. The minimum Gasteiger partial charge on any atom is -0.372 e. The molecule has 10 nitrogen and oxygen atoms in total. The van der Waals surface area contributed by atoms with Crippen molar-refractivity contribution in [2.24, 2.45) is 5.92 Å². The normalized spacial score (nSPS) is 15.0.